The zero-order valence-corrected chi connectivity index (χ0v) is 18.1. The third-order valence-corrected chi connectivity index (χ3v) is 5.02. The molecule has 2 N–H and O–H groups in total. The molecule has 3 rings (SSSR count). The summed E-state index contributed by atoms with van der Waals surface area (Å²) in [5.41, 5.74) is 1.05. The second-order valence-electron chi connectivity index (χ2n) is 8.55. The zero-order valence-electron chi connectivity index (χ0n) is 18.1. The Morgan fingerprint density at radius 1 is 1.21 bits per heavy atom. The lowest BCUT2D eigenvalue weighted by Crippen LogP contribution is -2.36. The van der Waals surface area contributed by atoms with Crippen molar-refractivity contribution < 1.29 is 9.15 Å². The number of oxazole rings is 1. The fourth-order valence-electron chi connectivity index (χ4n) is 3.34. The maximum Gasteiger partial charge on any atom is 0.213 e. The van der Waals surface area contributed by atoms with Crippen LogP contribution >= 0.6 is 0 Å². The van der Waals surface area contributed by atoms with Gasteiger partial charge in [-0.15, -0.1) is 0 Å². The van der Waals surface area contributed by atoms with E-state index in [1.54, 1.807) is 6.20 Å². The van der Waals surface area contributed by atoms with Gasteiger partial charge in [-0.25, -0.2) is 9.98 Å². The number of hydrogen-bond acceptors (Lipinski definition) is 4. The van der Waals surface area contributed by atoms with E-state index >= 15 is 0 Å². The van der Waals surface area contributed by atoms with Crippen molar-refractivity contribution in [3.8, 4) is 5.75 Å². The Kier molecular flexibility index (Phi) is 7.18. The molecule has 0 spiro atoms. The van der Waals surface area contributed by atoms with E-state index in [1.165, 1.54) is 12.8 Å². The maximum atomic E-state index is 6.23. The first-order chi connectivity index (χ1) is 14.0. The number of nitrogens with zero attached hydrogens (tertiary/aromatic N) is 2. The van der Waals surface area contributed by atoms with Crippen molar-refractivity contribution in [2.24, 2.45) is 4.99 Å². The third kappa shape index (κ3) is 6.24. The number of aromatic nitrogens is 1. The summed E-state index contributed by atoms with van der Waals surface area (Å²) in [6.45, 7) is 10.2. The van der Waals surface area contributed by atoms with Gasteiger partial charge in [-0.05, 0) is 38.7 Å². The van der Waals surface area contributed by atoms with E-state index in [2.05, 4.69) is 49.4 Å². The lowest BCUT2D eigenvalue weighted by Gasteiger charge is -2.16. The summed E-state index contributed by atoms with van der Waals surface area (Å²) in [4.78, 5) is 9.11. The van der Waals surface area contributed by atoms with Crippen LogP contribution in [0, 0.1) is 0 Å². The van der Waals surface area contributed by atoms with Crippen LogP contribution in [0.25, 0.3) is 0 Å². The Morgan fingerprint density at radius 2 is 1.97 bits per heavy atom. The van der Waals surface area contributed by atoms with Gasteiger partial charge >= 0.3 is 0 Å². The van der Waals surface area contributed by atoms with Crippen molar-refractivity contribution in [1.82, 2.24) is 15.6 Å². The molecule has 0 amide bonds. The number of aliphatic imine (C=N–C) groups is 1. The fraction of sp³-hybridized carbons (Fsp3) is 0.565. The largest absolute Gasteiger partial charge is 0.490 e. The highest BCUT2D eigenvalue weighted by molar-refractivity contribution is 5.79. The second-order valence-corrected chi connectivity index (χ2v) is 8.55. The fourth-order valence-corrected chi connectivity index (χ4v) is 3.34. The van der Waals surface area contributed by atoms with Gasteiger partial charge in [-0.2, -0.15) is 0 Å². The molecule has 1 aromatic heterocycles. The molecule has 1 aromatic carbocycles. The van der Waals surface area contributed by atoms with E-state index in [0.717, 1.165) is 42.4 Å². The monoisotopic (exact) mass is 398 g/mol. The molecule has 1 aliphatic carbocycles. The summed E-state index contributed by atoms with van der Waals surface area (Å²) in [6, 6.07) is 8.19. The van der Waals surface area contributed by atoms with Gasteiger partial charge < -0.3 is 19.8 Å². The second kappa shape index (κ2) is 9.81. The number of nitrogens with one attached hydrogen (secondary N) is 2. The van der Waals surface area contributed by atoms with Gasteiger partial charge in [0.2, 0.25) is 5.89 Å². The smallest absolute Gasteiger partial charge is 0.213 e. The molecule has 158 valence electrons. The molecule has 1 saturated carbocycles. The SMILES string of the molecule is CCNC(=NCc1ccccc1OC1CCCC1)NCc1ncc(C(C)(C)C)o1. The van der Waals surface area contributed by atoms with Crippen molar-refractivity contribution in [2.75, 3.05) is 6.54 Å². The molecule has 2 aromatic rings. The normalized spacial score (nSPS) is 15.5. The minimum atomic E-state index is -0.0487. The summed E-state index contributed by atoms with van der Waals surface area (Å²) in [5, 5.41) is 6.59. The van der Waals surface area contributed by atoms with Gasteiger partial charge in [0, 0.05) is 17.5 Å². The highest BCUT2D eigenvalue weighted by Gasteiger charge is 2.19. The van der Waals surface area contributed by atoms with E-state index in [-0.39, 0.29) is 5.41 Å². The first-order valence-corrected chi connectivity index (χ1v) is 10.7. The van der Waals surface area contributed by atoms with Crippen LogP contribution in [0.4, 0.5) is 0 Å². The van der Waals surface area contributed by atoms with Gasteiger partial charge in [0.25, 0.3) is 0 Å². The Morgan fingerprint density at radius 3 is 2.66 bits per heavy atom. The number of hydrogen-bond donors (Lipinski definition) is 2. The van der Waals surface area contributed by atoms with Crippen molar-refractivity contribution in [3.05, 3.63) is 47.7 Å². The van der Waals surface area contributed by atoms with Crippen molar-refractivity contribution in [3.63, 3.8) is 0 Å². The van der Waals surface area contributed by atoms with Crippen LogP contribution in [0.15, 0.2) is 39.9 Å². The van der Waals surface area contributed by atoms with E-state index in [9.17, 15) is 0 Å². The molecule has 29 heavy (non-hydrogen) atoms. The Bertz CT molecular complexity index is 801. The van der Waals surface area contributed by atoms with Gasteiger partial charge in [-0.3, -0.25) is 0 Å². The minimum Gasteiger partial charge on any atom is -0.490 e. The van der Waals surface area contributed by atoms with Gasteiger partial charge in [0.15, 0.2) is 5.96 Å². The van der Waals surface area contributed by atoms with Crippen LogP contribution in [0.2, 0.25) is 0 Å². The van der Waals surface area contributed by atoms with Crippen molar-refractivity contribution >= 4 is 5.96 Å². The zero-order chi connectivity index (χ0) is 20.7. The van der Waals surface area contributed by atoms with Crippen LogP contribution in [0.5, 0.6) is 5.75 Å². The summed E-state index contributed by atoms with van der Waals surface area (Å²) >= 11 is 0. The summed E-state index contributed by atoms with van der Waals surface area (Å²) in [7, 11) is 0. The number of para-hydroxylation sites is 1. The Balaban J connectivity index is 1.62. The highest BCUT2D eigenvalue weighted by Crippen LogP contribution is 2.27. The molecule has 6 heteroatoms. The number of benzene rings is 1. The quantitative estimate of drug-likeness (QED) is 0.529. The molecule has 1 aliphatic rings. The number of rotatable bonds is 7. The predicted octanol–water partition coefficient (Wildman–Crippen LogP) is 4.55. The molecule has 0 aliphatic heterocycles. The Labute approximate surface area is 174 Å². The lowest BCUT2D eigenvalue weighted by molar-refractivity contribution is 0.208. The third-order valence-electron chi connectivity index (χ3n) is 5.02. The highest BCUT2D eigenvalue weighted by atomic mass is 16.5. The van der Waals surface area contributed by atoms with E-state index in [0.29, 0.717) is 25.1 Å². The molecule has 0 saturated heterocycles. The van der Waals surface area contributed by atoms with E-state index in [1.807, 2.05) is 18.2 Å². The minimum absolute atomic E-state index is 0.0487. The molecule has 1 fully saturated rings. The topological polar surface area (TPSA) is 71.7 Å². The molecular formula is C23H34N4O2. The Hall–Kier alpha value is -2.50. The lowest BCUT2D eigenvalue weighted by atomic mass is 9.94. The number of ether oxygens (including phenoxy) is 1. The number of guanidine groups is 1. The van der Waals surface area contributed by atoms with Crippen LogP contribution < -0.4 is 15.4 Å². The summed E-state index contributed by atoms with van der Waals surface area (Å²) in [5.74, 6) is 3.22. The van der Waals surface area contributed by atoms with E-state index in [4.69, 9.17) is 14.1 Å². The summed E-state index contributed by atoms with van der Waals surface area (Å²) in [6.07, 6.45) is 6.96. The molecular weight excluding hydrogens is 364 g/mol. The molecule has 0 bridgehead atoms. The average molecular weight is 399 g/mol. The van der Waals surface area contributed by atoms with E-state index < -0.39 is 0 Å². The van der Waals surface area contributed by atoms with Gasteiger partial charge in [-0.1, -0.05) is 39.0 Å². The maximum absolute atomic E-state index is 6.23. The van der Waals surface area contributed by atoms with Gasteiger partial charge in [0.1, 0.15) is 11.5 Å². The molecule has 0 atom stereocenters. The predicted molar refractivity (Wildman–Crippen MR) is 116 cm³/mol. The summed E-state index contributed by atoms with van der Waals surface area (Å²) < 4.78 is 12.1. The van der Waals surface area contributed by atoms with Crippen molar-refractivity contribution in [2.45, 2.75) is 78.0 Å². The molecule has 1 heterocycles. The van der Waals surface area contributed by atoms with Crippen LogP contribution in [-0.4, -0.2) is 23.6 Å². The van der Waals surface area contributed by atoms with Gasteiger partial charge in [0.05, 0.1) is 25.4 Å². The first-order valence-electron chi connectivity index (χ1n) is 10.7. The first kappa shape index (κ1) is 21.2. The van der Waals surface area contributed by atoms with Crippen molar-refractivity contribution in [1.29, 1.82) is 0 Å². The average Bonchev–Trinajstić information content (AvgIpc) is 3.36. The molecule has 0 radical (unpaired) electrons. The standard InChI is InChI=1S/C23H34N4O2/c1-5-24-22(27-16-21-25-15-20(29-21)23(2,3)4)26-14-17-10-6-9-13-19(17)28-18-11-7-8-12-18/h6,9-10,13,15,18H,5,7-8,11-12,14,16H2,1-4H3,(H2,24,26,27). The van der Waals surface area contributed by atoms with Crippen LogP contribution in [0.3, 0.4) is 0 Å². The molecule has 6 nitrogen and oxygen atoms in total. The molecule has 0 unspecified atom stereocenters. The van der Waals surface area contributed by atoms with Crippen LogP contribution in [0.1, 0.15) is 70.6 Å². The van der Waals surface area contributed by atoms with Crippen LogP contribution in [-0.2, 0) is 18.5 Å².